The van der Waals surface area contributed by atoms with Gasteiger partial charge in [-0.1, -0.05) is 0 Å². The first-order chi connectivity index (χ1) is 6.79. The fourth-order valence-electron chi connectivity index (χ4n) is 1.84. The zero-order chi connectivity index (χ0) is 9.97. The molecule has 1 N–H and O–H groups in total. The van der Waals surface area contributed by atoms with Crippen LogP contribution in [-0.2, 0) is 0 Å². The molecule has 1 aromatic heterocycles. The van der Waals surface area contributed by atoms with Crippen molar-refractivity contribution in [2.45, 2.75) is 32.2 Å². The molecule has 14 heavy (non-hydrogen) atoms. The highest BCUT2D eigenvalue weighted by atomic mass is 16.2. The van der Waals surface area contributed by atoms with E-state index >= 15 is 0 Å². The Morgan fingerprint density at radius 3 is 3.14 bits per heavy atom. The zero-order valence-corrected chi connectivity index (χ0v) is 8.23. The number of hydrogen-bond acceptors (Lipinski definition) is 3. The number of aromatic nitrogens is 3. The van der Waals surface area contributed by atoms with Crippen LogP contribution in [0.3, 0.4) is 0 Å². The van der Waals surface area contributed by atoms with Crippen LogP contribution in [0.4, 0.5) is 0 Å². The molecule has 2 rings (SSSR count). The van der Waals surface area contributed by atoms with E-state index in [1.54, 1.807) is 0 Å². The van der Waals surface area contributed by atoms with Crippen LogP contribution >= 0.6 is 0 Å². The maximum atomic E-state index is 11.9. The van der Waals surface area contributed by atoms with Gasteiger partial charge in [-0.2, -0.15) is 5.10 Å². The number of carbonyl (C=O) groups excluding carboxylic acids is 1. The summed E-state index contributed by atoms with van der Waals surface area (Å²) in [5, 5.41) is 6.28. The summed E-state index contributed by atoms with van der Waals surface area (Å²) in [6, 6.07) is 0.321. The number of likely N-dealkylation sites (tertiary alicyclic amines) is 1. The minimum Gasteiger partial charge on any atom is -0.333 e. The van der Waals surface area contributed by atoms with Gasteiger partial charge in [0.1, 0.15) is 6.33 Å². The summed E-state index contributed by atoms with van der Waals surface area (Å²) in [5.41, 5.74) is 0. The highest BCUT2D eigenvalue weighted by Crippen LogP contribution is 2.17. The van der Waals surface area contributed by atoms with Gasteiger partial charge in [0, 0.05) is 12.6 Å². The van der Waals surface area contributed by atoms with Gasteiger partial charge >= 0.3 is 0 Å². The Balaban J connectivity index is 2.10. The number of nitrogens with zero attached hydrogens (tertiary/aromatic N) is 3. The number of nitrogens with one attached hydrogen (secondary N) is 1. The third-order valence-corrected chi connectivity index (χ3v) is 2.68. The normalized spacial score (nSPS) is 22.4. The second-order valence-corrected chi connectivity index (χ2v) is 3.68. The summed E-state index contributed by atoms with van der Waals surface area (Å²) in [5.74, 6) is 0.313. The molecule has 0 saturated carbocycles. The van der Waals surface area contributed by atoms with Gasteiger partial charge in [-0.3, -0.25) is 9.89 Å². The molecule has 1 fully saturated rings. The standard InChI is InChI=1S/C9H14N4O/c1-7-4-2-3-5-13(7)9(14)8-10-6-11-12-8/h6-7H,2-5H2,1H3,(H,10,11,12). The Labute approximate surface area is 82.5 Å². The van der Waals surface area contributed by atoms with E-state index in [1.165, 1.54) is 12.7 Å². The van der Waals surface area contributed by atoms with Crippen molar-refractivity contribution in [2.75, 3.05) is 6.54 Å². The third-order valence-electron chi connectivity index (χ3n) is 2.68. The molecule has 5 heteroatoms. The van der Waals surface area contributed by atoms with Gasteiger partial charge in [0.15, 0.2) is 0 Å². The lowest BCUT2D eigenvalue weighted by Crippen LogP contribution is -2.42. The maximum absolute atomic E-state index is 11.9. The van der Waals surface area contributed by atoms with Gasteiger partial charge in [-0.15, -0.1) is 0 Å². The molecule has 5 nitrogen and oxygen atoms in total. The minimum absolute atomic E-state index is 0.0327. The smallest absolute Gasteiger partial charge is 0.291 e. The van der Waals surface area contributed by atoms with Crippen LogP contribution < -0.4 is 0 Å². The Bertz CT molecular complexity index is 309. The van der Waals surface area contributed by atoms with E-state index in [0.717, 1.165) is 19.4 Å². The van der Waals surface area contributed by atoms with E-state index in [9.17, 15) is 4.79 Å². The van der Waals surface area contributed by atoms with E-state index in [2.05, 4.69) is 22.1 Å². The lowest BCUT2D eigenvalue weighted by atomic mass is 10.0. The predicted molar refractivity (Wildman–Crippen MR) is 50.7 cm³/mol. The van der Waals surface area contributed by atoms with Crippen molar-refractivity contribution in [1.82, 2.24) is 20.1 Å². The Morgan fingerprint density at radius 1 is 1.64 bits per heavy atom. The first-order valence-electron chi connectivity index (χ1n) is 4.95. The summed E-state index contributed by atoms with van der Waals surface area (Å²) in [6.45, 7) is 2.91. The molecule has 1 saturated heterocycles. The largest absolute Gasteiger partial charge is 0.333 e. The zero-order valence-electron chi connectivity index (χ0n) is 8.23. The van der Waals surface area contributed by atoms with E-state index < -0.39 is 0 Å². The van der Waals surface area contributed by atoms with Crippen LogP contribution in [0.2, 0.25) is 0 Å². The molecule has 76 valence electrons. The number of carbonyl (C=O) groups is 1. The molecule has 0 spiro atoms. The Kier molecular flexibility index (Phi) is 2.47. The average Bonchev–Trinajstić information content (AvgIpc) is 2.70. The van der Waals surface area contributed by atoms with Crippen molar-refractivity contribution in [1.29, 1.82) is 0 Å². The van der Waals surface area contributed by atoms with E-state index in [4.69, 9.17) is 0 Å². The molecule has 0 radical (unpaired) electrons. The average molecular weight is 194 g/mol. The summed E-state index contributed by atoms with van der Waals surface area (Å²) < 4.78 is 0. The van der Waals surface area contributed by atoms with Crippen molar-refractivity contribution in [3.05, 3.63) is 12.2 Å². The topological polar surface area (TPSA) is 61.9 Å². The van der Waals surface area contributed by atoms with Crippen LogP contribution in [0.25, 0.3) is 0 Å². The fraction of sp³-hybridized carbons (Fsp3) is 0.667. The van der Waals surface area contributed by atoms with Gasteiger partial charge < -0.3 is 4.90 Å². The number of piperidine rings is 1. The maximum Gasteiger partial charge on any atom is 0.291 e. The predicted octanol–water partition coefficient (Wildman–Crippen LogP) is 0.819. The van der Waals surface area contributed by atoms with Crippen LogP contribution in [0, 0.1) is 0 Å². The van der Waals surface area contributed by atoms with Gasteiger partial charge in [0.2, 0.25) is 5.82 Å². The number of rotatable bonds is 1. The molecule has 1 unspecified atom stereocenters. The first-order valence-corrected chi connectivity index (χ1v) is 4.95. The van der Waals surface area contributed by atoms with E-state index in [1.807, 2.05) is 4.90 Å². The number of amides is 1. The number of H-pyrrole nitrogens is 1. The second-order valence-electron chi connectivity index (χ2n) is 3.68. The molecule has 0 aliphatic carbocycles. The van der Waals surface area contributed by atoms with Crippen molar-refractivity contribution in [3.63, 3.8) is 0 Å². The lowest BCUT2D eigenvalue weighted by Gasteiger charge is -2.32. The van der Waals surface area contributed by atoms with Crippen molar-refractivity contribution in [2.24, 2.45) is 0 Å². The van der Waals surface area contributed by atoms with Gasteiger partial charge in [-0.05, 0) is 26.2 Å². The SMILES string of the molecule is CC1CCCCN1C(=O)c1ncn[nH]1. The molecule has 1 amide bonds. The Hall–Kier alpha value is -1.39. The van der Waals surface area contributed by atoms with Crippen molar-refractivity contribution >= 4 is 5.91 Å². The van der Waals surface area contributed by atoms with Gasteiger partial charge in [0.25, 0.3) is 5.91 Å². The van der Waals surface area contributed by atoms with Crippen LogP contribution in [0.1, 0.15) is 36.8 Å². The van der Waals surface area contributed by atoms with Crippen LogP contribution in [-0.4, -0.2) is 38.6 Å². The van der Waals surface area contributed by atoms with Crippen molar-refractivity contribution < 1.29 is 4.79 Å². The fourth-order valence-corrected chi connectivity index (χ4v) is 1.84. The monoisotopic (exact) mass is 194 g/mol. The van der Waals surface area contributed by atoms with E-state index in [-0.39, 0.29) is 5.91 Å². The first kappa shape index (κ1) is 9.18. The van der Waals surface area contributed by atoms with Gasteiger partial charge in [-0.25, -0.2) is 4.98 Å². The molecular formula is C9H14N4O. The quantitative estimate of drug-likeness (QED) is 0.720. The Morgan fingerprint density at radius 2 is 2.50 bits per heavy atom. The molecule has 0 bridgehead atoms. The van der Waals surface area contributed by atoms with Crippen LogP contribution in [0.15, 0.2) is 6.33 Å². The molecule has 1 atom stereocenters. The highest BCUT2D eigenvalue weighted by Gasteiger charge is 2.25. The summed E-state index contributed by atoms with van der Waals surface area (Å²) >= 11 is 0. The van der Waals surface area contributed by atoms with E-state index in [0.29, 0.717) is 11.9 Å². The summed E-state index contributed by atoms with van der Waals surface area (Å²) in [4.78, 5) is 17.6. The molecule has 0 aromatic carbocycles. The molecule has 1 aliphatic rings. The summed E-state index contributed by atoms with van der Waals surface area (Å²) in [6.07, 6.45) is 4.74. The van der Waals surface area contributed by atoms with Crippen molar-refractivity contribution in [3.8, 4) is 0 Å². The number of aromatic amines is 1. The molecular weight excluding hydrogens is 180 g/mol. The molecule has 1 aromatic rings. The third kappa shape index (κ3) is 1.62. The second kappa shape index (κ2) is 3.77. The highest BCUT2D eigenvalue weighted by molar-refractivity contribution is 5.90. The molecule has 2 heterocycles. The summed E-state index contributed by atoms with van der Waals surface area (Å²) in [7, 11) is 0. The van der Waals surface area contributed by atoms with Gasteiger partial charge in [0.05, 0.1) is 0 Å². The molecule has 1 aliphatic heterocycles. The minimum atomic E-state index is -0.0327. The van der Waals surface area contributed by atoms with Crippen LogP contribution in [0.5, 0.6) is 0 Å². The lowest BCUT2D eigenvalue weighted by molar-refractivity contribution is 0.0623. The number of hydrogen-bond donors (Lipinski definition) is 1.